The van der Waals surface area contributed by atoms with Crippen molar-refractivity contribution in [1.29, 1.82) is 0 Å². The van der Waals surface area contributed by atoms with Gasteiger partial charge in [0.15, 0.2) is 0 Å². The van der Waals surface area contributed by atoms with Crippen LogP contribution >= 0.6 is 15.9 Å². The molecule has 0 aliphatic carbocycles. The first kappa shape index (κ1) is 13.8. The minimum absolute atomic E-state index is 0.196. The summed E-state index contributed by atoms with van der Waals surface area (Å²) in [5, 5.41) is 0. The lowest BCUT2D eigenvalue weighted by Crippen LogP contribution is -2.06. The maximum Gasteiger partial charge on any atom is 0.416 e. The van der Waals surface area contributed by atoms with E-state index < -0.39 is 11.7 Å². The van der Waals surface area contributed by atoms with Crippen molar-refractivity contribution < 1.29 is 13.2 Å². The highest BCUT2D eigenvalue weighted by atomic mass is 79.9. The molecular weight excluding hydrogens is 323 g/mol. The standard InChI is InChI=1S/C12H9BrF3N3/c13-9-6-18-10(19-11(9)17)5-7-2-1-3-8(4-7)12(14,15)16/h1-4,6H,5H2,(H2,17,18,19). The molecule has 3 nitrogen and oxygen atoms in total. The number of hydrogen-bond acceptors (Lipinski definition) is 3. The van der Waals surface area contributed by atoms with Gasteiger partial charge in [-0.25, -0.2) is 9.97 Å². The van der Waals surface area contributed by atoms with Crippen LogP contribution in [0.4, 0.5) is 19.0 Å². The Bertz CT molecular complexity index is 599. The second kappa shape index (κ2) is 5.16. The first-order valence-corrected chi connectivity index (χ1v) is 6.08. The topological polar surface area (TPSA) is 51.8 Å². The van der Waals surface area contributed by atoms with Gasteiger partial charge in [0.2, 0.25) is 0 Å². The SMILES string of the molecule is Nc1nc(Cc2cccc(C(F)(F)F)c2)ncc1Br. The van der Waals surface area contributed by atoms with Gasteiger partial charge in [0.1, 0.15) is 11.6 Å². The number of anilines is 1. The fourth-order valence-corrected chi connectivity index (χ4v) is 1.74. The second-order valence-electron chi connectivity index (χ2n) is 3.89. The van der Waals surface area contributed by atoms with Crippen molar-refractivity contribution in [3.05, 3.63) is 51.9 Å². The Hall–Kier alpha value is -1.63. The lowest BCUT2D eigenvalue weighted by atomic mass is 10.1. The van der Waals surface area contributed by atoms with Crippen molar-refractivity contribution in [3.63, 3.8) is 0 Å². The average molecular weight is 332 g/mol. The number of nitrogens with zero attached hydrogens (tertiary/aromatic N) is 2. The molecule has 0 saturated heterocycles. The van der Waals surface area contributed by atoms with E-state index in [9.17, 15) is 13.2 Å². The molecule has 0 aliphatic rings. The van der Waals surface area contributed by atoms with Crippen molar-refractivity contribution in [2.24, 2.45) is 0 Å². The van der Waals surface area contributed by atoms with Crippen LogP contribution in [0, 0.1) is 0 Å². The van der Waals surface area contributed by atoms with E-state index in [4.69, 9.17) is 5.73 Å². The third-order valence-corrected chi connectivity index (χ3v) is 3.05. The minimum atomic E-state index is -4.35. The normalized spacial score (nSPS) is 11.6. The van der Waals surface area contributed by atoms with Crippen LogP contribution in [0.25, 0.3) is 0 Å². The van der Waals surface area contributed by atoms with Gasteiger partial charge in [-0.3, -0.25) is 0 Å². The molecule has 7 heteroatoms. The molecule has 0 fully saturated rings. The first-order valence-electron chi connectivity index (χ1n) is 5.29. The number of alkyl halides is 3. The number of hydrogen-bond donors (Lipinski definition) is 1. The number of nitrogens with two attached hydrogens (primary N) is 1. The summed E-state index contributed by atoms with van der Waals surface area (Å²) in [6.07, 6.45) is -2.68. The Morgan fingerprint density at radius 2 is 2.00 bits per heavy atom. The highest BCUT2D eigenvalue weighted by molar-refractivity contribution is 9.10. The van der Waals surface area contributed by atoms with Crippen LogP contribution in [-0.4, -0.2) is 9.97 Å². The lowest BCUT2D eigenvalue weighted by molar-refractivity contribution is -0.137. The molecule has 1 aromatic carbocycles. The molecule has 2 N–H and O–H groups in total. The number of halogens is 4. The van der Waals surface area contributed by atoms with Gasteiger partial charge in [0, 0.05) is 12.6 Å². The average Bonchev–Trinajstić information content (AvgIpc) is 2.33. The van der Waals surface area contributed by atoms with Crippen LogP contribution in [0.1, 0.15) is 17.0 Å². The van der Waals surface area contributed by atoms with E-state index in [2.05, 4.69) is 25.9 Å². The second-order valence-corrected chi connectivity index (χ2v) is 4.75. The molecule has 0 atom stereocenters. The number of rotatable bonds is 2. The van der Waals surface area contributed by atoms with Crippen molar-refractivity contribution >= 4 is 21.7 Å². The Balaban J connectivity index is 2.26. The molecule has 0 saturated carbocycles. The van der Waals surface area contributed by atoms with E-state index in [-0.39, 0.29) is 12.2 Å². The number of benzene rings is 1. The number of nitrogen functional groups attached to an aromatic ring is 1. The molecule has 2 rings (SSSR count). The van der Waals surface area contributed by atoms with E-state index in [1.54, 1.807) is 6.07 Å². The summed E-state index contributed by atoms with van der Waals surface area (Å²) >= 11 is 3.15. The molecule has 0 radical (unpaired) electrons. The molecule has 0 aliphatic heterocycles. The summed E-state index contributed by atoms with van der Waals surface area (Å²) in [5.41, 5.74) is 5.39. The van der Waals surface area contributed by atoms with Crippen molar-refractivity contribution in [2.45, 2.75) is 12.6 Å². The molecule has 0 amide bonds. The summed E-state index contributed by atoms with van der Waals surface area (Å²) in [6, 6.07) is 5.07. The summed E-state index contributed by atoms with van der Waals surface area (Å²) < 4.78 is 38.3. The van der Waals surface area contributed by atoms with E-state index in [1.807, 2.05) is 0 Å². The van der Waals surface area contributed by atoms with Gasteiger partial charge in [-0.1, -0.05) is 18.2 Å². The van der Waals surface area contributed by atoms with Gasteiger partial charge in [0.05, 0.1) is 10.0 Å². The summed E-state index contributed by atoms with van der Waals surface area (Å²) in [5.74, 6) is 0.636. The summed E-state index contributed by atoms with van der Waals surface area (Å²) in [4.78, 5) is 8.01. The van der Waals surface area contributed by atoms with E-state index in [1.165, 1.54) is 12.3 Å². The maximum absolute atomic E-state index is 12.6. The van der Waals surface area contributed by atoms with Crippen molar-refractivity contribution in [3.8, 4) is 0 Å². The lowest BCUT2D eigenvalue weighted by Gasteiger charge is -2.08. The predicted octanol–water partition coefficient (Wildman–Crippen LogP) is 3.43. The fourth-order valence-electron chi connectivity index (χ4n) is 1.54. The minimum Gasteiger partial charge on any atom is -0.383 e. The van der Waals surface area contributed by atoms with Crippen LogP contribution in [-0.2, 0) is 12.6 Å². The Labute approximate surface area is 115 Å². The Morgan fingerprint density at radius 3 is 2.63 bits per heavy atom. The summed E-state index contributed by atoms with van der Waals surface area (Å²) in [7, 11) is 0. The van der Waals surface area contributed by atoms with Gasteiger partial charge in [-0.15, -0.1) is 0 Å². The van der Waals surface area contributed by atoms with Crippen LogP contribution in [0.3, 0.4) is 0 Å². The van der Waals surface area contributed by atoms with Crippen LogP contribution in [0.15, 0.2) is 34.9 Å². The van der Waals surface area contributed by atoms with E-state index >= 15 is 0 Å². The monoisotopic (exact) mass is 331 g/mol. The van der Waals surface area contributed by atoms with Gasteiger partial charge < -0.3 is 5.73 Å². The molecule has 2 aromatic rings. The van der Waals surface area contributed by atoms with Gasteiger partial charge in [0.25, 0.3) is 0 Å². The molecule has 1 heterocycles. The number of aromatic nitrogens is 2. The molecule has 19 heavy (non-hydrogen) atoms. The van der Waals surface area contributed by atoms with Gasteiger partial charge >= 0.3 is 6.18 Å². The fraction of sp³-hybridized carbons (Fsp3) is 0.167. The van der Waals surface area contributed by atoms with E-state index in [0.717, 1.165) is 12.1 Å². The van der Waals surface area contributed by atoms with Crippen molar-refractivity contribution in [2.75, 3.05) is 5.73 Å². The first-order chi connectivity index (χ1) is 8.86. The molecular formula is C12H9BrF3N3. The van der Waals surface area contributed by atoms with E-state index in [0.29, 0.717) is 15.9 Å². The van der Waals surface area contributed by atoms with Crippen LogP contribution in [0.2, 0.25) is 0 Å². The zero-order chi connectivity index (χ0) is 14.0. The molecule has 0 spiro atoms. The Kier molecular flexibility index (Phi) is 3.75. The third kappa shape index (κ3) is 3.44. The quantitative estimate of drug-likeness (QED) is 0.917. The maximum atomic E-state index is 12.6. The van der Waals surface area contributed by atoms with Gasteiger partial charge in [-0.2, -0.15) is 13.2 Å². The molecule has 100 valence electrons. The zero-order valence-corrected chi connectivity index (χ0v) is 11.2. The Morgan fingerprint density at radius 1 is 1.26 bits per heavy atom. The highest BCUT2D eigenvalue weighted by Crippen LogP contribution is 2.29. The summed E-state index contributed by atoms with van der Waals surface area (Å²) in [6.45, 7) is 0. The predicted molar refractivity (Wildman–Crippen MR) is 68.4 cm³/mol. The smallest absolute Gasteiger partial charge is 0.383 e. The van der Waals surface area contributed by atoms with Crippen LogP contribution in [0.5, 0.6) is 0 Å². The highest BCUT2D eigenvalue weighted by Gasteiger charge is 2.30. The molecule has 0 bridgehead atoms. The zero-order valence-electron chi connectivity index (χ0n) is 9.58. The molecule has 1 aromatic heterocycles. The van der Waals surface area contributed by atoms with Gasteiger partial charge in [-0.05, 0) is 27.6 Å². The largest absolute Gasteiger partial charge is 0.416 e. The van der Waals surface area contributed by atoms with Crippen LogP contribution < -0.4 is 5.73 Å². The van der Waals surface area contributed by atoms with Crippen molar-refractivity contribution in [1.82, 2.24) is 9.97 Å². The molecule has 0 unspecified atom stereocenters. The third-order valence-electron chi connectivity index (χ3n) is 2.44.